The summed E-state index contributed by atoms with van der Waals surface area (Å²) in [7, 11) is 1.35. The van der Waals surface area contributed by atoms with Crippen LogP contribution >= 0.6 is 15.9 Å². The van der Waals surface area contributed by atoms with Crippen molar-refractivity contribution < 1.29 is 19.2 Å². The standard InChI is InChI=1S/C14H17BrN4O5/c1-23-14-11(15)6-10(7-12(14)19(21)22)8-16-17-13(20)9-18-2-4-24-5-3-18/h6-8H,2-5,9H2,1H3,(H,17,20)/b16-8+. The molecule has 0 aliphatic carbocycles. The van der Waals surface area contributed by atoms with Crippen molar-refractivity contribution in [2.75, 3.05) is 40.0 Å². The fourth-order valence-corrected chi connectivity index (χ4v) is 2.82. The molecule has 0 unspecified atom stereocenters. The molecule has 1 aromatic carbocycles. The summed E-state index contributed by atoms with van der Waals surface area (Å²) in [6.07, 6.45) is 1.34. The van der Waals surface area contributed by atoms with Gasteiger partial charge in [0.05, 0.1) is 42.5 Å². The molecule has 1 aromatic rings. The van der Waals surface area contributed by atoms with E-state index in [4.69, 9.17) is 9.47 Å². The van der Waals surface area contributed by atoms with Crippen LogP contribution in [0.2, 0.25) is 0 Å². The molecular weight excluding hydrogens is 384 g/mol. The summed E-state index contributed by atoms with van der Waals surface area (Å²) in [6.45, 7) is 2.86. The van der Waals surface area contributed by atoms with Crippen molar-refractivity contribution in [3.8, 4) is 5.75 Å². The maximum atomic E-state index is 11.8. The average Bonchev–Trinajstić information content (AvgIpc) is 2.55. The Morgan fingerprint density at radius 2 is 2.25 bits per heavy atom. The van der Waals surface area contributed by atoms with Crippen molar-refractivity contribution in [2.45, 2.75) is 0 Å². The van der Waals surface area contributed by atoms with Crippen molar-refractivity contribution in [2.24, 2.45) is 5.10 Å². The Kier molecular flexibility index (Phi) is 6.64. The summed E-state index contributed by atoms with van der Waals surface area (Å²) in [5.41, 5.74) is 2.68. The molecule has 9 nitrogen and oxygen atoms in total. The Bertz CT molecular complexity index is 646. The van der Waals surface area contributed by atoms with Gasteiger partial charge < -0.3 is 9.47 Å². The van der Waals surface area contributed by atoms with Crippen molar-refractivity contribution >= 4 is 33.7 Å². The van der Waals surface area contributed by atoms with Gasteiger partial charge in [0, 0.05) is 24.7 Å². The van der Waals surface area contributed by atoms with Crippen molar-refractivity contribution in [1.82, 2.24) is 10.3 Å². The minimum atomic E-state index is -0.544. The van der Waals surface area contributed by atoms with E-state index in [0.717, 1.165) is 0 Å². The third kappa shape index (κ3) is 4.98. The highest BCUT2D eigenvalue weighted by Gasteiger charge is 2.19. The van der Waals surface area contributed by atoms with Gasteiger partial charge in [0.2, 0.25) is 5.75 Å². The van der Waals surface area contributed by atoms with Gasteiger partial charge in [0.25, 0.3) is 5.91 Å². The quantitative estimate of drug-likeness (QED) is 0.436. The Morgan fingerprint density at radius 3 is 2.88 bits per heavy atom. The van der Waals surface area contributed by atoms with Gasteiger partial charge in [-0.1, -0.05) is 0 Å². The second-order valence-corrected chi connectivity index (χ2v) is 5.85. The molecule has 1 N–H and O–H groups in total. The van der Waals surface area contributed by atoms with Gasteiger partial charge in [-0.25, -0.2) is 5.43 Å². The zero-order chi connectivity index (χ0) is 17.5. The van der Waals surface area contributed by atoms with E-state index in [1.54, 1.807) is 6.07 Å². The van der Waals surface area contributed by atoms with Crippen LogP contribution in [0.25, 0.3) is 0 Å². The van der Waals surface area contributed by atoms with Gasteiger partial charge in [-0.2, -0.15) is 5.10 Å². The van der Waals surface area contributed by atoms with Gasteiger partial charge in [-0.3, -0.25) is 19.8 Å². The number of morpholine rings is 1. The summed E-state index contributed by atoms with van der Waals surface area (Å²) < 4.78 is 10.6. The molecular formula is C14H17BrN4O5. The second kappa shape index (κ2) is 8.71. The van der Waals surface area contributed by atoms with Crippen LogP contribution in [-0.4, -0.2) is 61.9 Å². The van der Waals surface area contributed by atoms with E-state index in [9.17, 15) is 14.9 Å². The fourth-order valence-electron chi connectivity index (χ4n) is 2.19. The molecule has 0 bridgehead atoms. The monoisotopic (exact) mass is 400 g/mol. The Hall–Kier alpha value is -2.04. The molecule has 1 heterocycles. The molecule has 1 aliphatic rings. The minimum Gasteiger partial charge on any atom is -0.489 e. The first kappa shape index (κ1) is 18.3. The van der Waals surface area contributed by atoms with Crippen LogP contribution in [0.1, 0.15) is 5.56 Å². The zero-order valence-electron chi connectivity index (χ0n) is 13.0. The van der Waals surface area contributed by atoms with Gasteiger partial charge in [0.15, 0.2) is 0 Å². The number of carbonyl (C=O) groups is 1. The third-order valence-electron chi connectivity index (χ3n) is 3.32. The first-order chi connectivity index (χ1) is 11.5. The molecule has 24 heavy (non-hydrogen) atoms. The van der Waals surface area contributed by atoms with Gasteiger partial charge >= 0.3 is 5.69 Å². The molecule has 0 aromatic heterocycles. The van der Waals surface area contributed by atoms with E-state index < -0.39 is 4.92 Å². The maximum absolute atomic E-state index is 11.8. The number of benzene rings is 1. The molecule has 0 atom stereocenters. The minimum absolute atomic E-state index is 0.133. The predicted molar refractivity (Wildman–Crippen MR) is 90.3 cm³/mol. The molecule has 0 spiro atoms. The van der Waals surface area contributed by atoms with Crippen LogP contribution in [0.5, 0.6) is 5.75 Å². The molecule has 10 heteroatoms. The van der Waals surface area contributed by atoms with Crippen LogP contribution in [0, 0.1) is 10.1 Å². The number of carbonyl (C=O) groups excluding carboxylic acids is 1. The first-order valence-electron chi connectivity index (χ1n) is 7.15. The number of hydrogen-bond donors (Lipinski definition) is 1. The number of amides is 1. The lowest BCUT2D eigenvalue weighted by Crippen LogP contribution is -2.42. The number of hydrogen-bond acceptors (Lipinski definition) is 7. The summed E-state index contributed by atoms with van der Waals surface area (Å²) in [6, 6.07) is 2.94. The van der Waals surface area contributed by atoms with E-state index in [1.165, 1.54) is 19.4 Å². The topological polar surface area (TPSA) is 106 Å². The SMILES string of the molecule is COc1c(Br)cc(/C=N/NC(=O)CN2CCOCC2)cc1[N+](=O)[O-]. The number of halogens is 1. The number of nitrogens with zero attached hydrogens (tertiary/aromatic N) is 3. The lowest BCUT2D eigenvalue weighted by atomic mass is 10.2. The van der Waals surface area contributed by atoms with Gasteiger partial charge in [-0.05, 0) is 22.0 Å². The predicted octanol–water partition coefficient (Wildman–Crippen LogP) is 1.15. The normalized spacial score (nSPS) is 15.4. The summed E-state index contributed by atoms with van der Waals surface area (Å²) in [4.78, 5) is 24.3. The summed E-state index contributed by atoms with van der Waals surface area (Å²) in [5.74, 6) is -0.122. The number of ether oxygens (including phenoxy) is 2. The summed E-state index contributed by atoms with van der Waals surface area (Å²) >= 11 is 3.22. The van der Waals surface area contributed by atoms with Crippen LogP contribution in [0.15, 0.2) is 21.7 Å². The summed E-state index contributed by atoms with van der Waals surface area (Å²) in [5, 5.41) is 14.9. The third-order valence-corrected chi connectivity index (χ3v) is 3.91. The molecule has 0 radical (unpaired) electrons. The zero-order valence-corrected chi connectivity index (χ0v) is 14.6. The molecule has 2 rings (SSSR count). The van der Waals surface area contributed by atoms with E-state index in [1.807, 2.05) is 4.90 Å². The number of rotatable bonds is 6. The Labute approximate surface area is 146 Å². The molecule has 1 aliphatic heterocycles. The maximum Gasteiger partial charge on any atom is 0.312 e. The van der Waals surface area contributed by atoms with Crippen molar-refractivity contribution in [1.29, 1.82) is 0 Å². The van der Waals surface area contributed by atoms with Crippen LogP contribution in [0.4, 0.5) is 5.69 Å². The van der Waals surface area contributed by atoms with Crippen molar-refractivity contribution in [3.05, 3.63) is 32.3 Å². The lowest BCUT2D eigenvalue weighted by molar-refractivity contribution is -0.385. The van der Waals surface area contributed by atoms with E-state index in [2.05, 4.69) is 26.5 Å². The highest BCUT2D eigenvalue weighted by Crippen LogP contribution is 2.35. The van der Waals surface area contributed by atoms with Crippen LogP contribution < -0.4 is 10.2 Å². The number of hydrazone groups is 1. The molecule has 1 saturated heterocycles. The highest BCUT2D eigenvalue weighted by molar-refractivity contribution is 9.10. The van der Waals surface area contributed by atoms with Gasteiger partial charge in [0.1, 0.15) is 0 Å². The average molecular weight is 401 g/mol. The first-order valence-corrected chi connectivity index (χ1v) is 7.94. The molecule has 1 amide bonds. The van der Waals surface area contributed by atoms with Crippen LogP contribution in [0.3, 0.4) is 0 Å². The van der Waals surface area contributed by atoms with Crippen LogP contribution in [-0.2, 0) is 9.53 Å². The lowest BCUT2D eigenvalue weighted by Gasteiger charge is -2.25. The smallest absolute Gasteiger partial charge is 0.312 e. The van der Waals surface area contributed by atoms with E-state index >= 15 is 0 Å². The van der Waals surface area contributed by atoms with E-state index in [0.29, 0.717) is 36.3 Å². The number of nitrogens with one attached hydrogen (secondary N) is 1. The van der Waals surface area contributed by atoms with Crippen molar-refractivity contribution in [3.63, 3.8) is 0 Å². The molecule has 130 valence electrons. The Morgan fingerprint density at radius 1 is 1.54 bits per heavy atom. The van der Waals surface area contributed by atoms with E-state index in [-0.39, 0.29) is 23.9 Å². The van der Waals surface area contributed by atoms with Gasteiger partial charge in [-0.15, -0.1) is 0 Å². The Balaban J connectivity index is 1.98. The largest absolute Gasteiger partial charge is 0.489 e. The number of nitro groups is 1. The number of methoxy groups -OCH3 is 1. The second-order valence-electron chi connectivity index (χ2n) is 4.99. The fraction of sp³-hybridized carbons (Fsp3) is 0.429. The number of nitro benzene ring substituents is 1. The molecule has 0 saturated carbocycles. The highest BCUT2D eigenvalue weighted by atomic mass is 79.9. The molecule has 1 fully saturated rings.